The SMILES string of the molecule is Cc1ccc(C(C)NCCc2ccc(Cl)cc2Cl)cc1F. The van der Waals surface area contributed by atoms with E-state index in [9.17, 15) is 4.39 Å². The Morgan fingerprint density at radius 2 is 1.90 bits per heavy atom. The van der Waals surface area contributed by atoms with Crippen LogP contribution < -0.4 is 5.32 Å². The standard InChI is InChI=1S/C17H18Cl2FN/c1-11-3-4-14(9-17(11)20)12(2)21-8-7-13-5-6-15(18)10-16(13)19/h3-6,9-10,12,21H,7-8H2,1-2H3. The number of rotatable bonds is 5. The molecule has 0 aliphatic carbocycles. The monoisotopic (exact) mass is 325 g/mol. The first-order chi connectivity index (χ1) is 9.97. The summed E-state index contributed by atoms with van der Waals surface area (Å²) < 4.78 is 13.6. The fourth-order valence-corrected chi connectivity index (χ4v) is 2.65. The third-order valence-electron chi connectivity index (χ3n) is 3.56. The van der Waals surface area contributed by atoms with E-state index in [1.54, 1.807) is 25.1 Å². The Labute approximate surface area is 135 Å². The summed E-state index contributed by atoms with van der Waals surface area (Å²) in [5.41, 5.74) is 2.66. The van der Waals surface area contributed by atoms with Crippen molar-refractivity contribution in [2.24, 2.45) is 0 Å². The van der Waals surface area contributed by atoms with Gasteiger partial charge in [-0.05, 0) is 61.7 Å². The smallest absolute Gasteiger partial charge is 0.126 e. The first-order valence-electron chi connectivity index (χ1n) is 6.90. The van der Waals surface area contributed by atoms with Gasteiger partial charge in [-0.3, -0.25) is 0 Å². The van der Waals surface area contributed by atoms with Gasteiger partial charge in [-0.15, -0.1) is 0 Å². The number of benzene rings is 2. The zero-order chi connectivity index (χ0) is 15.4. The number of hydrogen-bond acceptors (Lipinski definition) is 1. The maximum Gasteiger partial charge on any atom is 0.126 e. The molecule has 2 aromatic carbocycles. The Balaban J connectivity index is 1.92. The molecule has 0 heterocycles. The zero-order valence-corrected chi connectivity index (χ0v) is 13.6. The van der Waals surface area contributed by atoms with Crippen LogP contribution in [0.1, 0.15) is 29.7 Å². The molecule has 112 valence electrons. The second-order valence-electron chi connectivity index (χ2n) is 5.17. The van der Waals surface area contributed by atoms with Crippen molar-refractivity contribution < 1.29 is 4.39 Å². The molecule has 0 saturated carbocycles. The van der Waals surface area contributed by atoms with Crippen molar-refractivity contribution in [2.45, 2.75) is 26.3 Å². The van der Waals surface area contributed by atoms with Gasteiger partial charge in [-0.25, -0.2) is 4.39 Å². The highest BCUT2D eigenvalue weighted by Crippen LogP contribution is 2.21. The lowest BCUT2D eigenvalue weighted by Gasteiger charge is -2.15. The van der Waals surface area contributed by atoms with Gasteiger partial charge < -0.3 is 5.32 Å². The van der Waals surface area contributed by atoms with Gasteiger partial charge in [0.2, 0.25) is 0 Å². The van der Waals surface area contributed by atoms with Crippen LogP contribution in [0.2, 0.25) is 10.0 Å². The van der Waals surface area contributed by atoms with Crippen molar-refractivity contribution in [1.29, 1.82) is 0 Å². The second-order valence-corrected chi connectivity index (χ2v) is 6.01. The average molecular weight is 326 g/mol. The normalized spacial score (nSPS) is 12.4. The van der Waals surface area contributed by atoms with Crippen molar-refractivity contribution in [3.63, 3.8) is 0 Å². The molecular weight excluding hydrogens is 308 g/mol. The van der Waals surface area contributed by atoms with Crippen molar-refractivity contribution >= 4 is 23.2 Å². The van der Waals surface area contributed by atoms with Crippen LogP contribution in [0.5, 0.6) is 0 Å². The molecule has 2 aromatic rings. The fourth-order valence-electron chi connectivity index (χ4n) is 2.14. The molecule has 2 rings (SSSR count). The van der Waals surface area contributed by atoms with Crippen molar-refractivity contribution in [2.75, 3.05) is 6.54 Å². The maximum atomic E-state index is 13.6. The largest absolute Gasteiger partial charge is 0.310 e. The minimum atomic E-state index is -0.165. The quantitative estimate of drug-likeness (QED) is 0.782. The first-order valence-corrected chi connectivity index (χ1v) is 7.66. The number of aryl methyl sites for hydroxylation is 1. The van der Waals surface area contributed by atoms with E-state index in [4.69, 9.17) is 23.2 Å². The first kappa shape index (κ1) is 16.3. The van der Waals surface area contributed by atoms with Crippen LogP contribution in [0.4, 0.5) is 4.39 Å². The number of halogens is 3. The summed E-state index contributed by atoms with van der Waals surface area (Å²) in [6.45, 7) is 4.55. The summed E-state index contributed by atoms with van der Waals surface area (Å²) in [5, 5.41) is 4.70. The minimum absolute atomic E-state index is 0.0891. The molecule has 0 aliphatic rings. The summed E-state index contributed by atoms with van der Waals surface area (Å²) in [7, 11) is 0. The molecule has 21 heavy (non-hydrogen) atoms. The molecule has 1 unspecified atom stereocenters. The Morgan fingerprint density at radius 3 is 2.57 bits per heavy atom. The van der Waals surface area contributed by atoms with E-state index in [0.29, 0.717) is 15.6 Å². The molecular formula is C17H18Cl2FN. The zero-order valence-electron chi connectivity index (χ0n) is 12.1. The summed E-state index contributed by atoms with van der Waals surface area (Å²) in [6.07, 6.45) is 0.800. The van der Waals surface area contributed by atoms with E-state index in [1.807, 2.05) is 25.1 Å². The Bertz CT molecular complexity index is 628. The van der Waals surface area contributed by atoms with Crippen LogP contribution in [0.3, 0.4) is 0 Å². The minimum Gasteiger partial charge on any atom is -0.310 e. The van der Waals surface area contributed by atoms with Crippen LogP contribution in [-0.2, 0) is 6.42 Å². The number of nitrogens with one attached hydrogen (secondary N) is 1. The van der Waals surface area contributed by atoms with E-state index < -0.39 is 0 Å². The van der Waals surface area contributed by atoms with Crippen LogP contribution in [0, 0.1) is 12.7 Å². The van der Waals surface area contributed by atoms with E-state index in [1.165, 1.54) is 0 Å². The molecule has 0 aromatic heterocycles. The molecule has 0 amide bonds. The molecule has 1 atom stereocenters. The predicted octanol–water partition coefficient (Wildman–Crippen LogP) is 5.33. The van der Waals surface area contributed by atoms with Gasteiger partial charge >= 0.3 is 0 Å². The summed E-state index contributed by atoms with van der Waals surface area (Å²) >= 11 is 12.0. The lowest BCUT2D eigenvalue weighted by Crippen LogP contribution is -2.21. The van der Waals surface area contributed by atoms with E-state index in [2.05, 4.69) is 5.32 Å². The van der Waals surface area contributed by atoms with Crippen molar-refractivity contribution in [1.82, 2.24) is 5.32 Å². The predicted molar refractivity (Wildman–Crippen MR) is 87.7 cm³/mol. The van der Waals surface area contributed by atoms with E-state index in [-0.39, 0.29) is 11.9 Å². The Morgan fingerprint density at radius 1 is 1.14 bits per heavy atom. The van der Waals surface area contributed by atoms with Gasteiger partial charge in [0.1, 0.15) is 5.82 Å². The maximum absolute atomic E-state index is 13.6. The third kappa shape index (κ3) is 4.44. The second kappa shape index (κ2) is 7.26. The summed E-state index contributed by atoms with van der Waals surface area (Å²) in [4.78, 5) is 0. The highest BCUT2D eigenvalue weighted by atomic mass is 35.5. The molecule has 0 saturated heterocycles. The topological polar surface area (TPSA) is 12.0 Å². The van der Waals surface area contributed by atoms with Gasteiger partial charge in [0.25, 0.3) is 0 Å². The third-order valence-corrected chi connectivity index (χ3v) is 4.14. The summed E-state index contributed by atoms with van der Waals surface area (Å²) in [6, 6.07) is 10.9. The van der Waals surface area contributed by atoms with E-state index >= 15 is 0 Å². The van der Waals surface area contributed by atoms with Crippen molar-refractivity contribution in [3.05, 3.63) is 69.0 Å². The number of hydrogen-bond donors (Lipinski definition) is 1. The molecule has 1 N–H and O–H groups in total. The highest BCUT2D eigenvalue weighted by molar-refractivity contribution is 6.35. The molecule has 4 heteroatoms. The summed E-state index contributed by atoms with van der Waals surface area (Å²) in [5.74, 6) is -0.165. The van der Waals surface area contributed by atoms with Crippen LogP contribution in [-0.4, -0.2) is 6.54 Å². The van der Waals surface area contributed by atoms with Gasteiger partial charge in [0.05, 0.1) is 0 Å². The Hall–Kier alpha value is -1.09. The van der Waals surface area contributed by atoms with E-state index in [0.717, 1.165) is 24.1 Å². The van der Waals surface area contributed by atoms with Gasteiger partial charge in [-0.2, -0.15) is 0 Å². The lowest BCUT2D eigenvalue weighted by molar-refractivity contribution is 0.565. The molecule has 0 bridgehead atoms. The lowest BCUT2D eigenvalue weighted by atomic mass is 10.1. The fraction of sp³-hybridized carbons (Fsp3) is 0.294. The molecule has 0 radical (unpaired) electrons. The van der Waals surface area contributed by atoms with Crippen molar-refractivity contribution in [3.8, 4) is 0 Å². The Kier molecular flexibility index (Phi) is 5.63. The molecule has 1 nitrogen and oxygen atoms in total. The van der Waals surface area contributed by atoms with Gasteiger partial charge in [0.15, 0.2) is 0 Å². The van der Waals surface area contributed by atoms with Crippen LogP contribution in [0.15, 0.2) is 36.4 Å². The van der Waals surface area contributed by atoms with Gasteiger partial charge in [0, 0.05) is 16.1 Å². The molecule has 0 aliphatic heterocycles. The molecule has 0 spiro atoms. The molecule has 0 fully saturated rings. The van der Waals surface area contributed by atoms with Crippen LogP contribution in [0.25, 0.3) is 0 Å². The van der Waals surface area contributed by atoms with Crippen LogP contribution >= 0.6 is 23.2 Å². The van der Waals surface area contributed by atoms with Gasteiger partial charge in [-0.1, -0.05) is 41.4 Å². The highest BCUT2D eigenvalue weighted by Gasteiger charge is 2.08. The average Bonchev–Trinajstić information content (AvgIpc) is 2.44.